The number of rotatable bonds is 3. The van der Waals surface area contributed by atoms with Gasteiger partial charge in [0.15, 0.2) is 5.13 Å². The number of hydrogen-bond acceptors (Lipinski definition) is 5. The molecule has 3 rings (SSSR count). The smallest absolute Gasteiger partial charge is 0.281 e. The molecule has 7 heteroatoms. The van der Waals surface area contributed by atoms with Crippen molar-refractivity contribution >= 4 is 16.5 Å². The Morgan fingerprint density at radius 1 is 1.14 bits per heavy atom. The number of aromatic nitrogens is 1. The first kappa shape index (κ1) is 15.1. The van der Waals surface area contributed by atoms with Crippen molar-refractivity contribution in [2.75, 3.05) is 51.2 Å². The van der Waals surface area contributed by atoms with Gasteiger partial charge in [-0.3, -0.25) is 4.90 Å². The monoisotopic (exact) mass is 316 g/mol. The molecule has 0 bridgehead atoms. The second-order valence-electron chi connectivity index (χ2n) is 5.91. The molecule has 2 aliphatic rings. The molecule has 0 amide bonds. The van der Waals surface area contributed by atoms with Gasteiger partial charge in [0, 0.05) is 50.7 Å². The van der Waals surface area contributed by atoms with Gasteiger partial charge in [0.25, 0.3) is 6.43 Å². The molecule has 0 unspecified atom stereocenters. The van der Waals surface area contributed by atoms with Gasteiger partial charge in [0.1, 0.15) is 5.69 Å². The topological polar surface area (TPSA) is 22.6 Å². The highest BCUT2D eigenvalue weighted by Gasteiger charge is 2.27. The van der Waals surface area contributed by atoms with Crippen LogP contribution in [0.5, 0.6) is 0 Å². The summed E-state index contributed by atoms with van der Waals surface area (Å²) in [6.45, 7) is 6.43. The summed E-state index contributed by atoms with van der Waals surface area (Å²) in [7, 11) is 2.17. The van der Waals surface area contributed by atoms with Crippen molar-refractivity contribution in [3.8, 4) is 0 Å². The lowest BCUT2D eigenvalue weighted by Gasteiger charge is -2.42. The largest absolute Gasteiger partial charge is 0.348 e. The Morgan fingerprint density at radius 2 is 1.81 bits per heavy atom. The van der Waals surface area contributed by atoms with Crippen molar-refractivity contribution in [1.82, 2.24) is 14.8 Å². The van der Waals surface area contributed by atoms with Crippen molar-refractivity contribution in [3.05, 3.63) is 11.1 Å². The summed E-state index contributed by atoms with van der Waals surface area (Å²) in [5.74, 6) is 0. The first-order valence-electron chi connectivity index (χ1n) is 7.54. The molecule has 2 fully saturated rings. The standard InChI is InChI=1S/C14H22F2N4S/c1-18-6-8-19(9-7-18)11-2-4-20(5-3-11)14-17-12(10-21-14)13(15)16/h10-11,13H,2-9H2,1H3. The minimum Gasteiger partial charge on any atom is -0.348 e. The fourth-order valence-electron chi connectivity index (χ4n) is 3.13. The normalized spacial score (nSPS) is 23.1. The lowest BCUT2D eigenvalue weighted by Crippen LogP contribution is -2.52. The third kappa shape index (κ3) is 3.52. The first-order chi connectivity index (χ1) is 10.1. The van der Waals surface area contributed by atoms with Gasteiger partial charge in [0.2, 0.25) is 0 Å². The zero-order chi connectivity index (χ0) is 14.8. The van der Waals surface area contributed by atoms with Crippen LogP contribution in [0.1, 0.15) is 25.0 Å². The molecule has 2 aliphatic heterocycles. The summed E-state index contributed by atoms with van der Waals surface area (Å²) < 4.78 is 25.2. The van der Waals surface area contributed by atoms with Gasteiger partial charge in [-0.1, -0.05) is 0 Å². The van der Waals surface area contributed by atoms with Gasteiger partial charge >= 0.3 is 0 Å². The van der Waals surface area contributed by atoms with E-state index in [0.717, 1.165) is 57.2 Å². The van der Waals surface area contributed by atoms with Gasteiger partial charge in [0.05, 0.1) is 0 Å². The van der Waals surface area contributed by atoms with Gasteiger partial charge in [-0.05, 0) is 19.9 Å². The van der Waals surface area contributed by atoms with Crippen LogP contribution < -0.4 is 4.90 Å². The van der Waals surface area contributed by atoms with E-state index >= 15 is 0 Å². The number of anilines is 1. The highest BCUT2D eigenvalue weighted by molar-refractivity contribution is 7.13. The molecule has 3 heterocycles. The molecule has 0 radical (unpaired) electrons. The minimum absolute atomic E-state index is 0.0869. The Kier molecular flexibility index (Phi) is 4.71. The molecule has 1 aromatic rings. The van der Waals surface area contributed by atoms with E-state index in [1.54, 1.807) is 0 Å². The zero-order valence-electron chi connectivity index (χ0n) is 12.3. The molecule has 0 spiro atoms. The zero-order valence-corrected chi connectivity index (χ0v) is 13.2. The number of thiazole rings is 1. The summed E-state index contributed by atoms with van der Waals surface area (Å²) in [5.41, 5.74) is -0.0869. The molecule has 0 N–H and O–H groups in total. The van der Waals surface area contributed by atoms with Crippen LogP contribution in [0.25, 0.3) is 0 Å². The Hall–Kier alpha value is -0.790. The maximum absolute atomic E-state index is 12.6. The van der Waals surface area contributed by atoms with Gasteiger partial charge < -0.3 is 9.80 Å². The molecule has 21 heavy (non-hydrogen) atoms. The highest BCUT2D eigenvalue weighted by Crippen LogP contribution is 2.29. The summed E-state index contributed by atoms with van der Waals surface area (Å²) >= 11 is 1.34. The van der Waals surface area contributed by atoms with Crippen LogP contribution in [-0.2, 0) is 0 Å². The maximum atomic E-state index is 12.6. The average molecular weight is 316 g/mol. The van der Waals surface area contributed by atoms with Crippen molar-refractivity contribution in [1.29, 1.82) is 0 Å². The number of piperazine rings is 1. The van der Waals surface area contributed by atoms with Crippen LogP contribution in [0.2, 0.25) is 0 Å². The first-order valence-corrected chi connectivity index (χ1v) is 8.42. The van der Waals surface area contributed by atoms with Crippen molar-refractivity contribution in [3.63, 3.8) is 0 Å². The van der Waals surface area contributed by atoms with Crippen LogP contribution in [-0.4, -0.2) is 67.1 Å². The predicted octanol–water partition coefficient (Wildman–Crippen LogP) is 2.30. The Balaban J connectivity index is 1.52. The summed E-state index contributed by atoms with van der Waals surface area (Å²) in [4.78, 5) is 11.2. The van der Waals surface area contributed by atoms with Crippen LogP contribution in [0, 0.1) is 0 Å². The van der Waals surface area contributed by atoms with Crippen LogP contribution in [0.4, 0.5) is 13.9 Å². The van der Waals surface area contributed by atoms with Crippen LogP contribution >= 0.6 is 11.3 Å². The third-order valence-corrected chi connectivity index (χ3v) is 5.44. The lowest BCUT2D eigenvalue weighted by atomic mass is 10.0. The molecule has 1 aromatic heterocycles. The second-order valence-corrected chi connectivity index (χ2v) is 6.75. The molecule has 4 nitrogen and oxygen atoms in total. The number of halogens is 2. The number of alkyl halides is 2. The Labute approximate surface area is 128 Å². The SMILES string of the molecule is CN1CCN(C2CCN(c3nc(C(F)F)cs3)CC2)CC1. The maximum Gasteiger partial charge on any atom is 0.281 e. The minimum atomic E-state index is -2.46. The second kappa shape index (κ2) is 6.54. The predicted molar refractivity (Wildman–Crippen MR) is 81.4 cm³/mol. The number of likely N-dealkylation sites (N-methyl/N-ethyl adjacent to an activating group) is 1. The fourth-order valence-corrected chi connectivity index (χ4v) is 4.00. The van der Waals surface area contributed by atoms with Crippen molar-refractivity contribution in [2.24, 2.45) is 0 Å². The molecule has 0 aromatic carbocycles. The molecule has 0 aliphatic carbocycles. The van der Waals surface area contributed by atoms with Gasteiger partial charge in [-0.25, -0.2) is 13.8 Å². The van der Waals surface area contributed by atoms with E-state index in [4.69, 9.17) is 0 Å². The Morgan fingerprint density at radius 3 is 2.38 bits per heavy atom. The van der Waals surface area contributed by atoms with Gasteiger partial charge in [-0.2, -0.15) is 0 Å². The summed E-state index contributed by atoms with van der Waals surface area (Å²) in [6, 6.07) is 0.643. The van der Waals surface area contributed by atoms with E-state index in [9.17, 15) is 8.78 Å². The van der Waals surface area contributed by atoms with E-state index in [-0.39, 0.29) is 5.69 Å². The van der Waals surface area contributed by atoms with Crippen LogP contribution in [0.3, 0.4) is 0 Å². The molecule has 0 saturated carbocycles. The van der Waals surface area contributed by atoms with E-state index in [2.05, 4.69) is 26.7 Å². The fraction of sp³-hybridized carbons (Fsp3) is 0.786. The number of nitrogens with zero attached hydrogens (tertiary/aromatic N) is 4. The van der Waals surface area contributed by atoms with E-state index < -0.39 is 6.43 Å². The van der Waals surface area contributed by atoms with E-state index in [1.807, 2.05) is 0 Å². The average Bonchev–Trinajstić information content (AvgIpc) is 2.98. The third-order valence-electron chi connectivity index (χ3n) is 4.52. The molecule has 118 valence electrons. The van der Waals surface area contributed by atoms with Crippen LogP contribution in [0.15, 0.2) is 5.38 Å². The van der Waals surface area contributed by atoms with Crippen molar-refractivity contribution < 1.29 is 8.78 Å². The molecular weight excluding hydrogens is 294 g/mol. The summed E-state index contributed by atoms with van der Waals surface area (Å²) in [5, 5.41) is 2.23. The van der Waals surface area contributed by atoms with E-state index in [1.165, 1.54) is 16.7 Å². The van der Waals surface area contributed by atoms with Gasteiger partial charge in [-0.15, -0.1) is 11.3 Å². The quantitative estimate of drug-likeness (QED) is 0.853. The lowest BCUT2D eigenvalue weighted by molar-refractivity contribution is 0.0981. The Bertz CT molecular complexity index is 452. The van der Waals surface area contributed by atoms with Crippen molar-refractivity contribution in [2.45, 2.75) is 25.3 Å². The number of piperidine rings is 1. The van der Waals surface area contributed by atoms with E-state index in [0.29, 0.717) is 6.04 Å². The summed E-state index contributed by atoms with van der Waals surface area (Å²) in [6.07, 6.45) is -0.251. The molecule has 0 atom stereocenters. The molecular formula is C14H22F2N4S. The highest BCUT2D eigenvalue weighted by atomic mass is 32.1. The molecule has 2 saturated heterocycles. The number of hydrogen-bond donors (Lipinski definition) is 0.